The largest absolute Gasteiger partial charge is 0.337 e. The molecule has 0 aliphatic carbocycles. The topological polar surface area (TPSA) is 57.6 Å². The third-order valence-corrected chi connectivity index (χ3v) is 6.25. The normalized spacial score (nSPS) is 14.7. The molecule has 1 aliphatic rings. The molecule has 1 aromatic heterocycles. The van der Waals surface area contributed by atoms with E-state index in [1.807, 2.05) is 60.4 Å². The summed E-state index contributed by atoms with van der Waals surface area (Å²) in [6.07, 6.45) is 0.944. The number of carbonyl (C=O) groups is 2. The second-order valence-electron chi connectivity index (χ2n) is 8.50. The fraction of sp³-hybridized carbons (Fsp3) is 0.385. The molecule has 168 valence electrons. The zero-order valence-corrected chi connectivity index (χ0v) is 19.2. The van der Waals surface area contributed by atoms with Gasteiger partial charge in [-0.15, -0.1) is 0 Å². The molecule has 1 aliphatic heterocycles. The molecule has 1 fully saturated rings. The number of carbonyl (C=O) groups excluding carboxylic acids is 2. The Balaban J connectivity index is 1.59. The molecule has 0 atom stereocenters. The quantitative estimate of drug-likeness (QED) is 0.629. The molecule has 4 rings (SSSR count). The van der Waals surface area contributed by atoms with Gasteiger partial charge in [-0.05, 0) is 56.3 Å². The molecular formula is C26H32N4O2. The number of anilines is 1. The lowest BCUT2D eigenvalue weighted by Gasteiger charge is -2.34. The van der Waals surface area contributed by atoms with Gasteiger partial charge in [0.05, 0.1) is 0 Å². The standard InChI is InChI=1S/C26H32N4O2/c1-4-12-30-23-11-10-22(27-25(31)20-8-6-19(3)7-9-20)17-21(23)18-24(30)26(32)29-15-13-28(5-2)14-16-29/h6-11,17-18H,4-5,12-16H2,1-3H3,(H,27,31). The summed E-state index contributed by atoms with van der Waals surface area (Å²) in [6, 6.07) is 15.4. The number of benzene rings is 2. The van der Waals surface area contributed by atoms with E-state index >= 15 is 0 Å². The first-order valence-corrected chi connectivity index (χ1v) is 11.5. The monoisotopic (exact) mass is 432 g/mol. The Kier molecular flexibility index (Phi) is 6.61. The highest BCUT2D eigenvalue weighted by Crippen LogP contribution is 2.26. The van der Waals surface area contributed by atoms with Gasteiger partial charge in [0.1, 0.15) is 5.69 Å². The Morgan fingerprint density at radius 1 is 0.938 bits per heavy atom. The fourth-order valence-corrected chi connectivity index (χ4v) is 4.33. The highest BCUT2D eigenvalue weighted by atomic mass is 16.2. The van der Waals surface area contributed by atoms with Crippen molar-refractivity contribution in [3.63, 3.8) is 0 Å². The van der Waals surface area contributed by atoms with E-state index in [0.717, 1.165) is 73.5 Å². The zero-order valence-electron chi connectivity index (χ0n) is 19.2. The van der Waals surface area contributed by atoms with E-state index < -0.39 is 0 Å². The minimum atomic E-state index is -0.137. The molecule has 1 N–H and O–H groups in total. The van der Waals surface area contributed by atoms with Crippen molar-refractivity contribution < 1.29 is 9.59 Å². The van der Waals surface area contributed by atoms with Crippen LogP contribution in [0.5, 0.6) is 0 Å². The molecular weight excluding hydrogens is 400 g/mol. The third kappa shape index (κ3) is 4.55. The average Bonchev–Trinajstić information content (AvgIpc) is 3.17. The number of hydrogen-bond acceptors (Lipinski definition) is 3. The smallest absolute Gasteiger partial charge is 0.270 e. The summed E-state index contributed by atoms with van der Waals surface area (Å²) >= 11 is 0. The van der Waals surface area contributed by atoms with Crippen molar-refractivity contribution in [3.05, 3.63) is 65.4 Å². The van der Waals surface area contributed by atoms with Crippen molar-refractivity contribution in [1.29, 1.82) is 0 Å². The van der Waals surface area contributed by atoms with E-state index in [0.29, 0.717) is 5.56 Å². The van der Waals surface area contributed by atoms with E-state index in [-0.39, 0.29) is 11.8 Å². The Labute approximate surface area is 189 Å². The van der Waals surface area contributed by atoms with Crippen LogP contribution in [0, 0.1) is 6.92 Å². The number of nitrogens with one attached hydrogen (secondary N) is 1. The molecule has 6 nitrogen and oxygen atoms in total. The van der Waals surface area contributed by atoms with Gasteiger partial charge < -0.3 is 19.7 Å². The molecule has 0 saturated carbocycles. The molecule has 6 heteroatoms. The van der Waals surface area contributed by atoms with Crippen molar-refractivity contribution in [2.75, 3.05) is 38.0 Å². The summed E-state index contributed by atoms with van der Waals surface area (Å²) in [5.74, 6) is -0.0434. The van der Waals surface area contributed by atoms with Gasteiger partial charge >= 0.3 is 0 Å². The van der Waals surface area contributed by atoms with Gasteiger partial charge in [-0.3, -0.25) is 9.59 Å². The number of likely N-dealkylation sites (N-methyl/N-ethyl adjacent to an activating group) is 1. The number of rotatable bonds is 6. The summed E-state index contributed by atoms with van der Waals surface area (Å²) in [4.78, 5) is 30.3. The maximum absolute atomic E-state index is 13.4. The molecule has 3 aromatic rings. The van der Waals surface area contributed by atoms with Crippen molar-refractivity contribution in [2.24, 2.45) is 0 Å². The second kappa shape index (κ2) is 9.57. The molecule has 0 spiro atoms. The first kappa shape index (κ1) is 22.1. The molecule has 1 saturated heterocycles. The van der Waals surface area contributed by atoms with Crippen LogP contribution in [0.3, 0.4) is 0 Å². The van der Waals surface area contributed by atoms with Gasteiger partial charge in [-0.1, -0.05) is 31.5 Å². The van der Waals surface area contributed by atoms with E-state index in [1.54, 1.807) is 0 Å². The lowest BCUT2D eigenvalue weighted by molar-refractivity contribution is 0.0633. The predicted molar refractivity (Wildman–Crippen MR) is 129 cm³/mol. The van der Waals surface area contributed by atoms with Crippen LogP contribution in [0.25, 0.3) is 10.9 Å². The van der Waals surface area contributed by atoms with Crippen molar-refractivity contribution in [3.8, 4) is 0 Å². The minimum Gasteiger partial charge on any atom is -0.337 e. The second-order valence-corrected chi connectivity index (χ2v) is 8.50. The van der Waals surface area contributed by atoms with Crippen LogP contribution in [0.2, 0.25) is 0 Å². The number of amides is 2. The van der Waals surface area contributed by atoms with Gasteiger partial charge in [0, 0.05) is 54.9 Å². The van der Waals surface area contributed by atoms with Crippen molar-refractivity contribution in [2.45, 2.75) is 33.7 Å². The summed E-state index contributed by atoms with van der Waals surface area (Å²) in [6.45, 7) is 11.5. The van der Waals surface area contributed by atoms with Crippen LogP contribution in [0.4, 0.5) is 5.69 Å². The van der Waals surface area contributed by atoms with Crippen LogP contribution >= 0.6 is 0 Å². The molecule has 2 heterocycles. The number of hydrogen-bond donors (Lipinski definition) is 1. The average molecular weight is 433 g/mol. The number of nitrogens with zero attached hydrogens (tertiary/aromatic N) is 3. The van der Waals surface area contributed by atoms with E-state index in [2.05, 4.69) is 28.6 Å². The molecule has 32 heavy (non-hydrogen) atoms. The van der Waals surface area contributed by atoms with Gasteiger partial charge in [-0.2, -0.15) is 0 Å². The summed E-state index contributed by atoms with van der Waals surface area (Å²) in [7, 11) is 0. The molecule has 0 radical (unpaired) electrons. The van der Waals surface area contributed by atoms with Gasteiger partial charge in [0.15, 0.2) is 0 Å². The zero-order chi connectivity index (χ0) is 22.7. The van der Waals surface area contributed by atoms with Crippen LogP contribution in [0.15, 0.2) is 48.5 Å². The predicted octanol–water partition coefficient (Wildman–Crippen LogP) is 4.39. The highest BCUT2D eigenvalue weighted by molar-refractivity contribution is 6.06. The Morgan fingerprint density at radius 3 is 2.31 bits per heavy atom. The third-order valence-electron chi connectivity index (χ3n) is 6.25. The first-order valence-electron chi connectivity index (χ1n) is 11.5. The van der Waals surface area contributed by atoms with E-state index in [1.165, 1.54) is 0 Å². The van der Waals surface area contributed by atoms with E-state index in [9.17, 15) is 9.59 Å². The van der Waals surface area contributed by atoms with Crippen LogP contribution in [-0.4, -0.2) is 58.9 Å². The van der Waals surface area contributed by atoms with Crippen molar-refractivity contribution in [1.82, 2.24) is 14.4 Å². The lowest BCUT2D eigenvalue weighted by Crippen LogP contribution is -2.48. The minimum absolute atomic E-state index is 0.0932. The van der Waals surface area contributed by atoms with Crippen LogP contribution in [-0.2, 0) is 6.54 Å². The van der Waals surface area contributed by atoms with Crippen molar-refractivity contribution >= 4 is 28.4 Å². The summed E-state index contributed by atoms with van der Waals surface area (Å²) < 4.78 is 2.12. The maximum atomic E-state index is 13.4. The Morgan fingerprint density at radius 2 is 1.66 bits per heavy atom. The molecule has 2 aromatic carbocycles. The number of aromatic nitrogens is 1. The van der Waals surface area contributed by atoms with Crippen LogP contribution < -0.4 is 5.32 Å². The first-order chi connectivity index (χ1) is 15.5. The fourth-order valence-electron chi connectivity index (χ4n) is 4.33. The lowest BCUT2D eigenvalue weighted by atomic mass is 10.1. The number of fused-ring (bicyclic) bond motifs is 1. The molecule has 2 amide bonds. The summed E-state index contributed by atoms with van der Waals surface area (Å²) in [5.41, 5.74) is 4.23. The van der Waals surface area contributed by atoms with E-state index in [4.69, 9.17) is 0 Å². The molecule has 0 unspecified atom stereocenters. The SMILES string of the molecule is CCCn1c(C(=O)N2CCN(CC)CC2)cc2cc(NC(=O)c3ccc(C)cc3)ccc21. The highest BCUT2D eigenvalue weighted by Gasteiger charge is 2.24. The van der Waals surface area contributed by atoms with Gasteiger partial charge in [-0.25, -0.2) is 0 Å². The number of piperazine rings is 1. The maximum Gasteiger partial charge on any atom is 0.270 e. The Hall–Kier alpha value is -3.12. The van der Waals surface area contributed by atoms with Gasteiger partial charge in [0.25, 0.3) is 11.8 Å². The summed E-state index contributed by atoms with van der Waals surface area (Å²) in [5, 5.41) is 3.95. The van der Waals surface area contributed by atoms with Crippen LogP contribution in [0.1, 0.15) is 46.7 Å². The Bertz CT molecular complexity index is 1110. The molecule has 0 bridgehead atoms. The number of aryl methyl sites for hydroxylation is 2. The van der Waals surface area contributed by atoms with Gasteiger partial charge in [0.2, 0.25) is 0 Å².